The van der Waals surface area contributed by atoms with Crippen LogP contribution in [-0.2, 0) is 0 Å². The van der Waals surface area contributed by atoms with Gasteiger partial charge in [-0.3, -0.25) is 0 Å². The fourth-order valence-corrected chi connectivity index (χ4v) is 0.959. The van der Waals surface area contributed by atoms with Gasteiger partial charge in [-0.2, -0.15) is 0 Å². The van der Waals surface area contributed by atoms with Crippen molar-refractivity contribution in [3.63, 3.8) is 0 Å². The molecular weight excluding hydrogens is 144 g/mol. The molecule has 0 atom stereocenters. The summed E-state index contributed by atoms with van der Waals surface area (Å²) in [5, 5.41) is 1.61. The van der Waals surface area contributed by atoms with E-state index in [4.69, 9.17) is 17.0 Å². The van der Waals surface area contributed by atoms with Gasteiger partial charge in [-0.15, -0.1) is 0 Å². The van der Waals surface area contributed by atoms with Crippen LogP contribution in [0.1, 0.15) is 5.56 Å². The van der Waals surface area contributed by atoms with Gasteiger partial charge in [0.1, 0.15) is 5.75 Å². The Hall–Kier alpha value is -0.890. The Balaban J connectivity index is 3.08. The first-order valence-electron chi connectivity index (χ1n) is 2.96. The smallest absolute Gasteiger partial charge is 0.126 e. The van der Waals surface area contributed by atoms with Crippen LogP contribution in [-0.4, -0.2) is 12.5 Å². The van der Waals surface area contributed by atoms with E-state index in [-0.39, 0.29) is 0 Å². The molecule has 0 radical (unpaired) electrons. The molecule has 0 aliphatic rings. The summed E-state index contributed by atoms with van der Waals surface area (Å²) in [5.74, 6) is 0.831. The molecule has 0 aliphatic carbocycles. The monoisotopic (exact) mass is 152 g/mol. The average molecular weight is 152 g/mol. The molecule has 0 amide bonds. The van der Waals surface area contributed by atoms with E-state index < -0.39 is 0 Å². The normalized spacial score (nSPS) is 8.90. The first-order chi connectivity index (χ1) is 4.88. The number of hydrogen-bond acceptors (Lipinski definition) is 2. The van der Waals surface area contributed by atoms with Crippen LogP contribution in [0.2, 0.25) is 0 Å². The molecule has 0 spiro atoms. The molecule has 0 saturated carbocycles. The van der Waals surface area contributed by atoms with Gasteiger partial charge in [0.05, 0.1) is 7.11 Å². The quantitative estimate of drug-likeness (QED) is 0.600. The summed E-state index contributed by atoms with van der Waals surface area (Å²) in [6.45, 7) is 0. The molecule has 0 N–H and O–H groups in total. The van der Waals surface area contributed by atoms with E-state index >= 15 is 0 Å². The minimum atomic E-state index is 0.831. The van der Waals surface area contributed by atoms with Gasteiger partial charge in [-0.1, -0.05) is 30.4 Å². The van der Waals surface area contributed by atoms with Crippen LogP contribution in [0.5, 0.6) is 5.75 Å². The second kappa shape index (κ2) is 3.32. The molecule has 0 unspecified atom stereocenters. The number of benzene rings is 1. The van der Waals surface area contributed by atoms with Crippen LogP contribution in [0.15, 0.2) is 24.3 Å². The summed E-state index contributed by atoms with van der Waals surface area (Å²) < 4.78 is 5.04. The summed E-state index contributed by atoms with van der Waals surface area (Å²) in [6.07, 6.45) is 0. The zero-order chi connectivity index (χ0) is 7.40. The highest BCUT2D eigenvalue weighted by atomic mass is 32.1. The van der Waals surface area contributed by atoms with E-state index in [0.29, 0.717) is 0 Å². The fraction of sp³-hybridized carbons (Fsp3) is 0.125. The molecule has 0 heterocycles. The Morgan fingerprint density at radius 2 is 2.10 bits per heavy atom. The van der Waals surface area contributed by atoms with E-state index in [1.165, 1.54) is 0 Å². The van der Waals surface area contributed by atoms with Crippen LogP contribution in [0.3, 0.4) is 0 Å². The summed E-state index contributed by atoms with van der Waals surface area (Å²) in [5.41, 5.74) is 0.958. The van der Waals surface area contributed by atoms with Crippen molar-refractivity contribution in [1.29, 1.82) is 0 Å². The number of para-hydroxylation sites is 1. The Bertz CT molecular complexity index is 232. The molecule has 10 heavy (non-hydrogen) atoms. The fourth-order valence-electron chi connectivity index (χ4n) is 0.764. The molecular formula is C8H8OS. The molecule has 52 valence electrons. The highest BCUT2D eigenvalue weighted by molar-refractivity contribution is 7.79. The number of ether oxygens (including phenoxy) is 1. The van der Waals surface area contributed by atoms with Crippen LogP contribution in [0, 0.1) is 0 Å². The van der Waals surface area contributed by atoms with Gasteiger partial charge in [0, 0.05) is 10.9 Å². The summed E-state index contributed by atoms with van der Waals surface area (Å²) >= 11 is 4.77. The zero-order valence-electron chi connectivity index (χ0n) is 5.70. The van der Waals surface area contributed by atoms with Crippen LogP contribution < -0.4 is 4.74 Å². The Labute approximate surface area is 65.6 Å². The van der Waals surface area contributed by atoms with Crippen molar-refractivity contribution in [2.24, 2.45) is 0 Å². The van der Waals surface area contributed by atoms with Crippen molar-refractivity contribution in [3.8, 4) is 5.75 Å². The van der Waals surface area contributed by atoms with E-state index in [2.05, 4.69) is 0 Å². The van der Waals surface area contributed by atoms with Gasteiger partial charge < -0.3 is 4.74 Å². The Morgan fingerprint density at radius 1 is 1.40 bits per heavy atom. The van der Waals surface area contributed by atoms with Crippen LogP contribution in [0.25, 0.3) is 0 Å². The molecule has 2 heteroatoms. The SMILES string of the molecule is COc1ccccc1C=S. The summed E-state index contributed by atoms with van der Waals surface area (Å²) in [7, 11) is 1.64. The second-order valence-electron chi connectivity index (χ2n) is 1.86. The maximum Gasteiger partial charge on any atom is 0.126 e. The van der Waals surface area contributed by atoms with Crippen molar-refractivity contribution in [3.05, 3.63) is 29.8 Å². The predicted octanol–water partition coefficient (Wildman–Crippen LogP) is 2.04. The lowest BCUT2D eigenvalue weighted by Gasteiger charge is -2.00. The lowest BCUT2D eigenvalue weighted by atomic mass is 10.2. The van der Waals surface area contributed by atoms with Crippen molar-refractivity contribution in [2.75, 3.05) is 7.11 Å². The van der Waals surface area contributed by atoms with E-state index in [9.17, 15) is 0 Å². The molecule has 1 aromatic carbocycles. The third-order valence-electron chi connectivity index (χ3n) is 1.27. The topological polar surface area (TPSA) is 9.23 Å². The standard InChI is InChI=1S/C8H8OS/c1-9-8-5-3-2-4-7(8)6-10/h2-6H,1H3. The molecule has 1 nitrogen and oxygen atoms in total. The average Bonchev–Trinajstić information content (AvgIpc) is 2.04. The largest absolute Gasteiger partial charge is 0.496 e. The number of methoxy groups -OCH3 is 1. The third-order valence-corrected chi connectivity index (χ3v) is 1.52. The molecule has 0 aliphatic heterocycles. The lowest BCUT2D eigenvalue weighted by molar-refractivity contribution is 0.414. The van der Waals surface area contributed by atoms with Crippen LogP contribution >= 0.6 is 12.2 Å². The van der Waals surface area contributed by atoms with E-state index in [1.54, 1.807) is 12.5 Å². The molecule has 0 fully saturated rings. The van der Waals surface area contributed by atoms with Crippen molar-refractivity contribution < 1.29 is 4.74 Å². The number of thiocarbonyl (C=S) groups is 1. The Kier molecular flexibility index (Phi) is 2.40. The maximum atomic E-state index is 5.04. The van der Waals surface area contributed by atoms with Crippen molar-refractivity contribution in [2.45, 2.75) is 0 Å². The highest BCUT2D eigenvalue weighted by Gasteiger charge is 1.94. The maximum absolute atomic E-state index is 5.04. The second-order valence-corrected chi connectivity index (χ2v) is 2.10. The first kappa shape index (κ1) is 7.22. The van der Waals surface area contributed by atoms with Crippen molar-refractivity contribution in [1.82, 2.24) is 0 Å². The van der Waals surface area contributed by atoms with Gasteiger partial charge in [0.25, 0.3) is 0 Å². The number of hydrogen-bond donors (Lipinski definition) is 0. The van der Waals surface area contributed by atoms with Gasteiger partial charge in [0.15, 0.2) is 0 Å². The van der Waals surface area contributed by atoms with Crippen molar-refractivity contribution >= 4 is 17.6 Å². The molecule has 1 aromatic rings. The van der Waals surface area contributed by atoms with Gasteiger partial charge in [-0.05, 0) is 6.07 Å². The van der Waals surface area contributed by atoms with E-state index in [0.717, 1.165) is 11.3 Å². The zero-order valence-corrected chi connectivity index (χ0v) is 6.52. The minimum Gasteiger partial charge on any atom is -0.496 e. The Morgan fingerprint density at radius 3 is 2.60 bits per heavy atom. The molecule has 1 rings (SSSR count). The number of rotatable bonds is 2. The van der Waals surface area contributed by atoms with Gasteiger partial charge in [-0.25, -0.2) is 0 Å². The predicted molar refractivity (Wildman–Crippen MR) is 45.8 cm³/mol. The van der Waals surface area contributed by atoms with Gasteiger partial charge >= 0.3 is 0 Å². The molecule has 0 saturated heterocycles. The first-order valence-corrected chi connectivity index (χ1v) is 3.44. The van der Waals surface area contributed by atoms with E-state index in [1.807, 2.05) is 24.3 Å². The molecule has 0 aromatic heterocycles. The minimum absolute atomic E-state index is 0.831. The lowest BCUT2D eigenvalue weighted by Crippen LogP contribution is -1.87. The van der Waals surface area contributed by atoms with Crippen LogP contribution in [0.4, 0.5) is 0 Å². The summed E-state index contributed by atoms with van der Waals surface area (Å²) in [4.78, 5) is 0. The van der Waals surface area contributed by atoms with Gasteiger partial charge in [0.2, 0.25) is 0 Å². The third kappa shape index (κ3) is 1.33. The molecule has 0 bridgehead atoms. The summed E-state index contributed by atoms with van der Waals surface area (Å²) in [6, 6.07) is 7.66. The highest BCUT2D eigenvalue weighted by Crippen LogP contribution is 2.14.